The van der Waals surface area contributed by atoms with E-state index < -0.39 is 5.60 Å². The van der Waals surface area contributed by atoms with Gasteiger partial charge in [-0.1, -0.05) is 0 Å². The molecule has 0 aliphatic carbocycles. The second-order valence-electron chi connectivity index (χ2n) is 3.69. The van der Waals surface area contributed by atoms with Gasteiger partial charge in [0.05, 0.1) is 17.6 Å². The zero-order chi connectivity index (χ0) is 10.1. The Morgan fingerprint density at radius 1 is 1.46 bits per heavy atom. The number of aryl methyl sites for hydroxylation is 1. The van der Waals surface area contributed by atoms with Crippen molar-refractivity contribution in [3.05, 3.63) is 23.5 Å². The highest BCUT2D eigenvalue weighted by Crippen LogP contribution is 2.21. The van der Waals surface area contributed by atoms with Gasteiger partial charge in [0.1, 0.15) is 5.60 Å². The Labute approximate surface area is 78.8 Å². The first-order valence-corrected chi connectivity index (χ1v) is 4.32. The van der Waals surface area contributed by atoms with Gasteiger partial charge in [0.15, 0.2) is 0 Å². The molecule has 1 rings (SSSR count). The fourth-order valence-corrected chi connectivity index (χ4v) is 1.15. The molecule has 1 aromatic heterocycles. The van der Waals surface area contributed by atoms with Crippen LogP contribution < -0.4 is 5.32 Å². The molecule has 0 amide bonds. The lowest BCUT2D eigenvalue weighted by molar-refractivity contribution is 0.0738. The molecular formula is C10H16N2O. The molecule has 0 spiro atoms. The SMILES string of the molecule is CNc1cnc(C(C)(C)O)cc1C. The molecule has 13 heavy (non-hydrogen) atoms. The molecule has 0 unspecified atom stereocenters. The average Bonchev–Trinajstić information content (AvgIpc) is 2.02. The molecule has 0 bridgehead atoms. The van der Waals surface area contributed by atoms with Gasteiger partial charge in [-0.15, -0.1) is 0 Å². The van der Waals surface area contributed by atoms with Gasteiger partial charge < -0.3 is 10.4 Å². The van der Waals surface area contributed by atoms with Crippen LogP contribution >= 0.6 is 0 Å². The predicted molar refractivity (Wildman–Crippen MR) is 53.8 cm³/mol. The normalized spacial score (nSPS) is 11.5. The molecule has 3 nitrogen and oxygen atoms in total. The maximum Gasteiger partial charge on any atom is 0.101 e. The zero-order valence-electron chi connectivity index (χ0n) is 8.55. The van der Waals surface area contributed by atoms with E-state index in [0.717, 1.165) is 11.3 Å². The molecule has 0 radical (unpaired) electrons. The number of hydrogen-bond acceptors (Lipinski definition) is 3. The van der Waals surface area contributed by atoms with Crippen molar-refractivity contribution in [2.45, 2.75) is 26.4 Å². The first-order chi connectivity index (χ1) is 5.95. The van der Waals surface area contributed by atoms with Gasteiger partial charge in [0, 0.05) is 7.05 Å². The van der Waals surface area contributed by atoms with Crippen LogP contribution in [0, 0.1) is 6.92 Å². The van der Waals surface area contributed by atoms with Crippen LogP contribution in [0.2, 0.25) is 0 Å². The van der Waals surface area contributed by atoms with Crippen molar-refractivity contribution >= 4 is 5.69 Å². The molecule has 1 aromatic rings. The molecule has 0 atom stereocenters. The molecule has 2 N–H and O–H groups in total. The molecule has 0 aliphatic heterocycles. The molecule has 72 valence electrons. The van der Waals surface area contributed by atoms with Crippen molar-refractivity contribution in [1.82, 2.24) is 4.98 Å². The van der Waals surface area contributed by atoms with Gasteiger partial charge in [-0.3, -0.25) is 4.98 Å². The standard InChI is InChI=1S/C10H16N2O/c1-7-5-9(10(2,3)13)12-6-8(7)11-4/h5-6,11,13H,1-4H3. The van der Waals surface area contributed by atoms with Crippen LogP contribution in [0.15, 0.2) is 12.3 Å². The van der Waals surface area contributed by atoms with E-state index in [1.807, 2.05) is 20.0 Å². The first kappa shape index (κ1) is 9.99. The highest BCUT2D eigenvalue weighted by molar-refractivity contribution is 5.48. The third kappa shape index (κ3) is 2.18. The largest absolute Gasteiger partial charge is 0.387 e. The number of aliphatic hydroxyl groups is 1. The smallest absolute Gasteiger partial charge is 0.101 e. The number of pyridine rings is 1. The van der Waals surface area contributed by atoms with Gasteiger partial charge >= 0.3 is 0 Å². The topological polar surface area (TPSA) is 45.2 Å². The minimum absolute atomic E-state index is 0.698. The summed E-state index contributed by atoms with van der Waals surface area (Å²) in [5.41, 5.74) is 1.92. The van der Waals surface area contributed by atoms with E-state index >= 15 is 0 Å². The second-order valence-corrected chi connectivity index (χ2v) is 3.69. The number of rotatable bonds is 2. The minimum Gasteiger partial charge on any atom is -0.387 e. The number of nitrogens with one attached hydrogen (secondary N) is 1. The van der Waals surface area contributed by atoms with E-state index in [-0.39, 0.29) is 0 Å². The molecule has 0 aliphatic rings. The molecule has 0 fully saturated rings. The van der Waals surface area contributed by atoms with Crippen LogP contribution in [0.4, 0.5) is 5.69 Å². The number of nitrogens with zero attached hydrogens (tertiary/aromatic N) is 1. The lowest BCUT2D eigenvalue weighted by Crippen LogP contribution is -2.17. The third-order valence-electron chi connectivity index (χ3n) is 2.01. The Hall–Kier alpha value is -1.09. The van der Waals surface area contributed by atoms with Crippen molar-refractivity contribution in [3.63, 3.8) is 0 Å². The quantitative estimate of drug-likeness (QED) is 0.727. The average molecular weight is 180 g/mol. The van der Waals surface area contributed by atoms with E-state index in [9.17, 15) is 5.11 Å². The van der Waals surface area contributed by atoms with E-state index in [1.54, 1.807) is 20.0 Å². The summed E-state index contributed by atoms with van der Waals surface area (Å²) in [6, 6.07) is 1.89. The predicted octanol–water partition coefficient (Wildman–Crippen LogP) is 1.66. The maximum atomic E-state index is 9.69. The van der Waals surface area contributed by atoms with Crippen LogP contribution in [0.1, 0.15) is 25.1 Å². The highest BCUT2D eigenvalue weighted by Gasteiger charge is 2.17. The Morgan fingerprint density at radius 2 is 2.08 bits per heavy atom. The summed E-state index contributed by atoms with van der Waals surface area (Å²) in [5.74, 6) is 0. The molecule has 1 heterocycles. The maximum absolute atomic E-state index is 9.69. The zero-order valence-corrected chi connectivity index (χ0v) is 8.55. The number of aromatic nitrogens is 1. The minimum atomic E-state index is -0.864. The van der Waals surface area contributed by atoms with Crippen LogP contribution in [0.5, 0.6) is 0 Å². The molecule has 0 saturated carbocycles. The number of anilines is 1. The summed E-state index contributed by atoms with van der Waals surface area (Å²) >= 11 is 0. The van der Waals surface area contributed by atoms with Crippen LogP contribution in [-0.2, 0) is 5.60 Å². The fourth-order valence-electron chi connectivity index (χ4n) is 1.15. The van der Waals surface area contributed by atoms with E-state index in [0.29, 0.717) is 5.69 Å². The van der Waals surface area contributed by atoms with Crippen LogP contribution in [-0.4, -0.2) is 17.1 Å². The van der Waals surface area contributed by atoms with Gasteiger partial charge in [0.2, 0.25) is 0 Å². The first-order valence-electron chi connectivity index (χ1n) is 4.32. The van der Waals surface area contributed by atoms with Gasteiger partial charge in [0.25, 0.3) is 0 Å². The Balaban J connectivity index is 3.10. The Bertz CT molecular complexity index is 302. The summed E-state index contributed by atoms with van der Waals surface area (Å²) in [4.78, 5) is 4.17. The van der Waals surface area contributed by atoms with Crippen LogP contribution in [0.3, 0.4) is 0 Å². The monoisotopic (exact) mass is 180 g/mol. The van der Waals surface area contributed by atoms with Gasteiger partial charge in [-0.05, 0) is 32.4 Å². The molecular weight excluding hydrogens is 164 g/mol. The summed E-state index contributed by atoms with van der Waals surface area (Å²) in [6.45, 7) is 5.45. The summed E-state index contributed by atoms with van der Waals surface area (Å²) in [6.07, 6.45) is 1.74. The highest BCUT2D eigenvalue weighted by atomic mass is 16.3. The molecule has 3 heteroatoms. The lowest BCUT2D eigenvalue weighted by atomic mass is 10.0. The van der Waals surface area contributed by atoms with Crippen molar-refractivity contribution in [2.75, 3.05) is 12.4 Å². The van der Waals surface area contributed by atoms with Gasteiger partial charge in [-0.25, -0.2) is 0 Å². The Morgan fingerprint density at radius 3 is 2.46 bits per heavy atom. The van der Waals surface area contributed by atoms with E-state index in [2.05, 4.69) is 10.3 Å². The summed E-state index contributed by atoms with van der Waals surface area (Å²) in [7, 11) is 1.85. The third-order valence-corrected chi connectivity index (χ3v) is 2.01. The van der Waals surface area contributed by atoms with Crippen LogP contribution in [0.25, 0.3) is 0 Å². The van der Waals surface area contributed by atoms with Crippen molar-refractivity contribution in [1.29, 1.82) is 0 Å². The van der Waals surface area contributed by atoms with Gasteiger partial charge in [-0.2, -0.15) is 0 Å². The molecule has 0 saturated heterocycles. The fraction of sp³-hybridized carbons (Fsp3) is 0.500. The van der Waals surface area contributed by atoms with Crippen molar-refractivity contribution in [3.8, 4) is 0 Å². The second kappa shape index (κ2) is 3.34. The summed E-state index contributed by atoms with van der Waals surface area (Å²) in [5, 5.41) is 12.7. The Kier molecular flexibility index (Phi) is 2.57. The van der Waals surface area contributed by atoms with Crippen molar-refractivity contribution < 1.29 is 5.11 Å². The number of hydrogen-bond donors (Lipinski definition) is 2. The van der Waals surface area contributed by atoms with E-state index in [1.165, 1.54) is 0 Å². The summed E-state index contributed by atoms with van der Waals surface area (Å²) < 4.78 is 0. The molecule has 0 aromatic carbocycles. The van der Waals surface area contributed by atoms with Crippen molar-refractivity contribution in [2.24, 2.45) is 0 Å². The lowest BCUT2D eigenvalue weighted by Gasteiger charge is -2.17. The van der Waals surface area contributed by atoms with E-state index in [4.69, 9.17) is 0 Å².